The van der Waals surface area contributed by atoms with Crippen LogP contribution in [0, 0.1) is 0 Å². The number of nitrogens with one attached hydrogen (secondary N) is 2. The molecule has 2 N–H and O–H groups in total. The average Bonchev–Trinajstić information content (AvgIpc) is 2.53. The molecular formula is C18H21ClN2O. The number of amides is 1. The van der Waals surface area contributed by atoms with Crippen LogP contribution in [-0.4, -0.2) is 11.9 Å². The maximum atomic E-state index is 12.2. The summed E-state index contributed by atoms with van der Waals surface area (Å²) in [5.74, 6) is -0.0252. The number of carbonyl (C=O) groups excluding carboxylic acids is 1. The van der Waals surface area contributed by atoms with Crippen LogP contribution in [0.1, 0.15) is 31.0 Å². The maximum absolute atomic E-state index is 12.2. The third-order valence-corrected chi connectivity index (χ3v) is 3.92. The Hall–Kier alpha value is -1.84. The monoisotopic (exact) mass is 316 g/mol. The first-order chi connectivity index (χ1) is 10.6. The molecule has 2 rings (SSSR count). The minimum Gasteiger partial charge on any atom is -0.351 e. The van der Waals surface area contributed by atoms with Crippen molar-refractivity contribution < 1.29 is 4.79 Å². The van der Waals surface area contributed by atoms with Gasteiger partial charge in [-0.05, 0) is 31.0 Å². The summed E-state index contributed by atoms with van der Waals surface area (Å²) < 4.78 is 0. The van der Waals surface area contributed by atoms with E-state index in [1.165, 1.54) is 0 Å². The Bertz CT molecular complexity index is 615. The Morgan fingerprint density at radius 3 is 2.36 bits per heavy atom. The molecule has 0 radical (unpaired) electrons. The van der Waals surface area contributed by atoms with Gasteiger partial charge >= 0.3 is 0 Å². The summed E-state index contributed by atoms with van der Waals surface area (Å²) in [5, 5.41) is 6.92. The van der Waals surface area contributed by atoms with Crippen LogP contribution in [0.15, 0.2) is 54.6 Å². The molecule has 0 saturated carbocycles. The molecule has 0 aromatic heterocycles. The number of hydrogen-bond acceptors (Lipinski definition) is 2. The summed E-state index contributed by atoms with van der Waals surface area (Å²) in [7, 11) is 0. The molecule has 2 aromatic carbocycles. The zero-order valence-electron chi connectivity index (χ0n) is 12.8. The second kappa shape index (κ2) is 7.97. The lowest BCUT2D eigenvalue weighted by molar-refractivity contribution is -0.123. The first-order valence-electron chi connectivity index (χ1n) is 7.40. The van der Waals surface area contributed by atoms with E-state index in [2.05, 4.69) is 10.6 Å². The lowest BCUT2D eigenvalue weighted by Gasteiger charge is -2.20. The van der Waals surface area contributed by atoms with Crippen LogP contribution in [0.4, 0.5) is 0 Å². The van der Waals surface area contributed by atoms with Crippen molar-refractivity contribution >= 4 is 17.5 Å². The number of benzene rings is 2. The first kappa shape index (κ1) is 16.5. The highest BCUT2D eigenvalue weighted by Gasteiger charge is 2.17. The molecule has 0 aliphatic heterocycles. The predicted octanol–water partition coefficient (Wildman–Crippen LogP) is 3.70. The standard InChI is InChI=1S/C18H21ClN2O/c1-13(16-10-6-7-11-17(16)19)21-14(2)18(22)20-12-15-8-4-3-5-9-15/h3-11,13-14,21H,12H2,1-2H3,(H,20,22). The van der Waals surface area contributed by atoms with Gasteiger partial charge in [-0.1, -0.05) is 60.1 Å². The van der Waals surface area contributed by atoms with Crippen LogP contribution in [0.5, 0.6) is 0 Å². The summed E-state index contributed by atoms with van der Waals surface area (Å²) in [4.78, 5) is 12.2. The van der Waals surface area contributed by atoms with Gasteiger partial charge < -0.3 is 5.32 Å². The van der Waals surface area contributed by atoms with Crippen molar-refractivity contribution in [2.75, 3.05) is 0 Å². The molecule has 0 fully saturated rings. The number of hydrogen-bond donors (Lipinski definition) is 2. The molecule has 0 heterocycles. The second-order valence-electron chi connectivity index (χ2n) is 5.33. The quantitative estimate of drug-likeness (QED) is 0.853. The summed E-state index contributed by atoms with van der Waals surface area (Å²) in [5.41, 5.74) is 2.08. The lowest BCUT2D eigenvalue weighted by Crippen LogP contribution is -2.42. The number of halogens is 1. The van der Waals surface area contributed by atoms with E-state index in [0.717, 1.165) is 11.1 Å². The van der Waals surface area contributed by atoms with Crippen LogP contribution in [0.3, 0.4) is 0 Å². The highest BCUT2D eigenvalue weighted by Crippen LogP contribution is 2.22. The van der Waals surface area contributed by atoms with Crippen LogP contribution in [0.25, 0.3) is 0 Å². The third-order valence-electron chi connectivity index (χ3n) is 3.57. The Morgan fingerprint density at radius 2 is 1.68 bits per heavy atom. The van der Waals surface area contributed by atoms with Gasteiger partial charge in [0, 0.05) is 17.6 Å². The van der Waals surface area contributed by atoms with E-state index < -0.39 is 0 Å². The first-order valence-corrected chi connectivity index (χ1v) is 7.78. The SMILES string of the molecule is CC(NC(C)c1ccccc1Cl)C(=O)NCc1ccccc1. The third kappa shape index (κ3) is 4.58. The van der Waals surface area contributed by atoms with Gasteiger partial charge in [0.05, 0.1) is 6.04 Å². The van der Waals surface area contributed by atoms with E-state index >= 15 is 0 Å². The topological polar surface area (TPSA) is 41.1 Å². The molecule has 1 amide bonds. The van der Waals surface area contributed by atoms with Crippen molar-refractivity contribution in [3.05, 3.63) is 70.7 Å². The molecule has 3 nitrogen and oxygen atoms in total. The highest BCUT2D eigenvalue weighted by molar-refractivity contribution is 6.31. The van der Waals surface area contributed by atoms with Gasteiger partial charge in [0.2, 0.25) is 5.91 Å². The number of carbonyl (C=O) groups is 1. The zero-order valence-corrected chi connectivity index (χ0v) is 13.6. The fraction of sp³-hybridized carbons (Fsp3) is 0.278. The molecule has 22 heavy (non-hydrogen) atoms. The summed E-state index contributed by atoms with van der Waals surface area (Å²) in [6, 6.07) is 17.2. The van der Waals surface area contributed by atoms with E-state index in [-0.39, 0.29) is 18.0 Å². The summed E-state index contributed by atoms with van der Waals surface area (Å²) in [6.07, 6.45) is 0. The molecule has 116 valence electrons. The fourth-order valence-corrected chi connectivity index (χ4v) is 2.60. The predicted molar refractivity (Wildman–Crippen MR) is 90.8 cm³/mol. The molecule has 0 bridgehead atoms. The maximum Gasteiger partial charge on any atom is 0.237 e. The number of rotatable bonds is 6. The van der Waals surface area contributed by atoms with Gasteiger partial charge in [-0.3, -0.25) is 10.1 Å². The molecular weight excluding hydrogens is 296 g/mol. The molecule has 2 unspecified atom stereocenters. The van der Waals surface area contributed by atoms with E-state index in [1.54, 1.807) is 0 Å². The Morgan fingerprint density at radius 1 is 1.05 bits per heavy atom. The van der Waals surface area contributed by atoms with Gasteiger partial charge in [-0.25, -0.2) is 0 Å². The van der Waals surface area contributed by atoms with Gasteiger partial charge in [0.15, 0.2) is 0 Å². The van der Waals surface area contributed by atoms with E-state index in [1.807, 2.05) is 68.4 Å². The van der Waals surface area contributed by atoms with Crippen molar-refractivity contribution in [2.24, 2.45) is 0 Å². The Balaban J connectivity index is 1.87. The zero-order chi connectivity index (χ0) is 15.9. The van der Waals surface area contributed by atoms with Crippen LogP contribution >= 0.6 is 11.6 Å². The molecule has 0 spiro atoms. The highest BCUT2D eigenvalue weighted by atomic mass is 35.5. The Kier molecular flexibility index (Phi) is 5.99. The fourth-order valence-electron chi connectivity index (χ4n) is 2.30. The van der Waals surface area contributed by atoms with Crippen molar-refractivity contribution in [1.82, 2.24) is 10.6 Å². The van der Waals surface area contributed by atoms with E-state index in [0.29, 0.717) is 11.6 Å². The van der Waals surface area contributed by atoms with Crippen molar-refractivity contribution in [1.29, 1.82) is 0 Å². The van der Waals surface area contributed by atoms with Gasteiger partial charge in [-0.15, -0.1) is 0 Å². The smallest absolute Gasteiger partial charge is 0.237 e. The van der Waals surface area contributed by atoms with Crippen LogP contribution in [-0.2, 0) is 11.3 Å². The van der Waals surface area contributed by atoms with Crippen molar-refractivity contribution in [3.63, 3.8) is 0 Å². The summed E-state index contributed by atoms with van der Waals surface area (Å²) in [6.45, 7) is 4.39. The van der Waals surface area contributed by atoms with Crippen molar-refractivity contribution in [2.45, 2.75) is 32.5 Å². The second-order valence-corrected chi connectivity index (χ2v) is 5.74. The average molecular weight is 317 g/mol. The molecule has 2 aromatic rings. The molecule has 2 atom stereocenters. The summed E-state index contributed by atoms with van der Waals surface area (Å²) >= 11 is 6.18. The molecule has 0 aliphatic carbocycles. The van der Waals surface area contributed by atoms with Crippen molar-refractivity contribution in [3.8, 4) is 0 Å². The van der Waals surface area contributed by atoms with Crippen LogP contribution in [0.2, 0.25) is 5.02 Å². The van der Waals surface area contributed by atoms with E-state index in [4.69, 9.17) is 11.6 Å². The van der Waals surface area contributed by atoms with Gasteiger partial charge in [-0.2, -0.15) is 0 Å². The molecule has 4 heteroatoms. The van der Waals surface area contributed by atoms with E-state index in [9.17, 15) is 4.79 Å². The van der Waals surface area contributed by atoms with Gasteiger partial charge in [0.1, 0.15) is 0 Å². The van der Waals surface area contributed by atoms with Crippen LogP contribution < -0.4 is 10.6 Å². The normalized spacial score (nSPS) is 13.4. The van der Waals surface area contributed by atoms with Gasteiger partial charge in [0.25, 0.3) is 0 Å². The molecule has 0 aliphatic rings. The molecule has 0 saturated heterocycles. The Labute approximate surface area is 136 Å². The lowest BCUT2D eigenvalue weighted by atomic mass is 10.1. The minimum absolute atomic E-state index is 0.00572. The minimum atomic E-state index is -0.296. The largest absolute Gasteiger partial charge is 0.351 e.